The quantitative estimate of drug-likeness (QED) is 0.766. The maximum atomic E-state index is 12.0. The molecule has 0 aliphatic carbocycles. The Labute approximate surface area is 143 Å². The van der Waals surface area contributed by atoms with Crippen LogP contribution in [0.1, 0.15) is 16.2 Å². The number of hydrogen-bond donors (Lipinski definition) is 1. The number of halogens is 1. The van der Waals surface area contributed by atoms with Gasteiger partial charge in [-0.25, -0.2) is 4.98 Å². The summed E-state index contributed by atoms with van der Waals surface area (Å²) < 4.78 is 0. The maximum Gasteiger partial charge on any atom is 0.269 e. The van der Waals surface area contributed by atoms with E-state index in [0.29, 0.717) is 23.7 Å². The number of amides is 1. The predicted molar refractivity (Wildman–Crippen MR) is 92.8 cm³/mol. The van der Waals surface area contributed by atoms with Gasteiger partial charge in [-0.1, -0.05) is 41.9 Å². The third-order valence-electron chi connectivity index (χ3n) is 3.19. The molecule has 0 saturated heterocycles. The molecule has 0 unspecified atom stereocenters. The van der Waals surface area contributed by atoms with Gasteiger partial charge in [0.2, 0.25) is 0 Å². The van der Waals surface area contributed by atoms with Crippen LogP contribution in [-0.4, -0.2) is 22.4 Å². The van der Waals surface area contributed by atoms with Gasteiger partial charge < -0.3 is 5.32 Å². The van der Waals surface area contributed by atoms with E-state index in [1.54, 1.807) is 23.5 Å². The van der Waals surface area contributed by atoms with Crippen LogP contribution in [0.3, 0.4) is 0 Å². The minimum atomic E-state index is -0.231. The number of aromatic nitrogens is 2. The predicted octanol–water partition coefficient (Wildman–Crippen LogP) is 3.83. The van der Waals surface area contributed by atoms with Crippen LogP contribution < -0.4 is 5.32 Å². The van der Waals surface area contributed by atoms with Gasteiger partial charge in [0, 0.05) is 35.1 Å². The van der Waals surface area contributed by atoms with Crippen LogP contribution in [0.25, 0.3) is 10.6 Å². The number of carbonyl (C=O) groups excluding carboxylic acids is 1. The SMILES string of the molecule is O=C(NCCc1csc(-c2ccccc2)n1)c1cc(Cl)ccn1. The van der Waals surface area contributed by atoms with E-state index in [2.05, 4.69) is 15.3 Å². The number of benzene rings is 1. The van der Waals surface area contributed by atoms with Crippen LogP contribution in [0, 0.1) is 0 Å². The molecule has 1 amide bonds. The molecule has 0 fully saturated rings. The minimum Gasteiger partial charge on any atom is -0.350 e. The number of nitrogens with zero attached hydrogens (tertiary/aromatic N) is 2. The van der Waals surface area contributed by atoms with Gasteiger partial charge >= 0.3 is 0 Å². The van der Waals surface area contributed by atoms with Crippen molar-refractivity contribution in [2.75, 3.05) is 6.54 Å². The third-order valence-corrected chi connectivity index (χ3v) is 4.37. The van der Waals surface area contributed by atoms with Gasteiger partial charge in [0.1, 0.15) is 10.7 Å². The van der Waals surface area contributed by atoms with Crippen molar-refractivity contribution in [3.63, 3.8) is 0 Å². The Kier molecular flexibility index (Phi) is 5.00. The molecular weight excluding hydrogens is 330 g/mol. The highest BCUT2D eigenvalue weighted by atomic mass is 35.5. The Hall–Kier alpha value is -2.24. The van der Waals surface area contributed by atoms with Crippen molar-refractivity contribution in [1.29, 1.82) is 0 Å². The van der Waals surface area contributed by atoms with Crippen molar-refractivity contribution in [2.24, 2.45) is 0 Å². The monoisotopic (exact) mass is 343 g/mol. The number of rotatable bonds is 5. The van der Waals surface area contributed by atoms with Crippen LogP contribution in [0.15, 0.2) is 54.0 Å². The van der Waals surface area contributed by atoms with Gasteiger partial charge in [0.15, 0.2) is 0 Å². The number of pyridine rings is 1. The van der Waals surface area contributed by atoms with Gasteiger partial charge in [0.05, 0.1) is 5.69 Å². The zero-order valence-corrected chi connectivity index (χ0v) is 13.8. The lowest BCUT2D eigenvalue weighted by atomic mass is 10.2. The molecule has 1 aromatic carbocycles. The Morgan fingerprint density at radius 2 is 2.04 bits per heavy atom. The number of hydrogen-bond acceptors (Lipinski definition) is 4. The largest absolute Gasteiger partial charge is 0.350 e. The van der Waals surface area contributed by atoms with Crippen LogP contribution >= 0.6 is 22.9 Å². The zero-order valence-electron chi connectivity index (χ0n) is 12.2. The first kappa shape index (κ1) is 15.6. The van der Waals surface area contributed by atoms with E-state index >= 15 is 0 Å². The number of nitrogens with one attached hydrogen (secondary N) is 1. The molecule has 2 heterocycles. The highest BCUT2D eigenvalue weighted by molar-refractivity contribution is 7.13. The molecule has 0 saturated carbocycles. The normalized spacial score (nSPS) is 10.5. The summed E-state index contributed by atoms with van der Waals surface area (Å²) in [6, 6.07) is 13.2. The number of carbonyl (C=O) groups is 1. The molecule has 0 aliphatic heterocycles. The average molecular weight is 344 g/mol. The van der Waals surface area contributed by atoms with E-state index in [4.69, 9.17) is 11.6 Å². The Balaban J connectivity index is 1.55. The summed E-state index contributed by atoms with van der Waals surface area (Å²) in [5.41, 5.74) is 2.39. The molecule has 3 aromatic rings. The van der Waals surface area contributed by atoms with Crippen LogP contribution in [0.2, 0.25) is 5.02 Å². The molecule has 23 heavy (non-hydrogen) atoms. The number of thiazole rings is 1. The van der Waals surface area contributed by atoms with Crippen LogP contribution in [0.4, 0.5) is 0 Å². The topological polar surface area (TPSA) is 54.9 Å². The Bertz CT molecular complexity index is 804. The lowest BCUT2D eigenvalue weighted by molar-refractivity contribution is 0.0949. The highest BCUT2D eigenvalue weighted by Crippen LogP contribution is 2.23. The molecule has 4 nitrogen and oxygen atoms in total. The Morgan fingerprint density at radius 3 is 2.83 bits per heavy atom. The summed E-state index contributed by atoms with van der Waals surface area (Å²) in [5.74, 6) is -0.231. The van der Waals surface area contributed by atoms with E-state index in [1.165, 1.54) is 6.20 Å². The molecule has 3 rings (SSSR count). The van der Waals surface area contributed by atoms with Crippen molar-refractivity contribution in [2.45, 2.75) is 6.42 Å². The summed E-state index contributed by atoms with van der Waals surface area (Å²) in [5, 5.41) is 6.33. The fourth-order valence-electron chi connectivity index (χ4n) is 2.06. The molecule has 0 aliphatic rings. The molecule has 6 heteroatoms. The molecule has 0 bridgehead atoms. The fraction of sp³-hybridized carbons (Fsp3) is 0.118. The summed E-state index contributed by atoms with van der Waals surface area (Å²) in [4.78, 5) is 20.6. The van der Waals surface area contributed by atoms with Crippen molar-refractivity contribution in [3.8, 4) is 10.6 Å². The van der Waals surface area contributed by atoms with Crippen molar-refractivity contribution in [1.82, 2.24) is 15.3 Å². The van der Waals surface area contributed by atoms with E-state index in [0.717, 1.165) is 16.3 Å². The Morgan fingerprint density at radius 1 is 1.22 bits per heavy atom. The minimum absolute atomic E-state index is 0.231. The first-order valence-electron chi connectivity index (χ1n) is 7.12. The van der Waals surface area contributed by atoms with Gasteiger partial charge in [0.25, 0.3) is 5.91 Å². The summed E-state index contributed by atoms with van der Waals surface area (Å²) in [6.45, 7) is 0.505. The summed E-state index contributed by atoms with van der Waals surface area (Å²) in [7, 11) is 0. The van der Waals surface area contributed by atoms with Gasteiger partial charge in [-0.15, -0.1) is 11.3 Å². The molecule has 0 atom stereocenters. The lowest BCUT2D eigenvalue weighted by Crippen LogP contribution is -2.26. The lowest BCUT2D eigenvalue weighted by Gasteiger charge is -2.03. The molecule has 2 aromatic heterocycles. The molecule has 1 N–H and O–H groups in total. The maximum absolute atomic E-state index is 12.0. The standard InChI is InChI=1S/C17H14ClN3OS/c18-13-6-8-19-15(10-13)16(22)20-9-7-14-11-23-17(21-14)12-4-2-1-3-5-12/h1-6,8,10-11H,7,9H2,(H,20,22). The van der Waals surface area contributed by atoms with E-state index in [9.17, 15) is 4.79 Å². The van der Waals surface area contributed by atoms with Crippen LogP contribution in [-0.2, 0) is 6.42 Å². The summed E-state index contributed by atoms with van der Waals surface area (Å²) in [6.07, 6.45) is 2.19. The molecule has 116 valence electrons. The first-order chi connectivity index (χ1) is 11.2. The van der Waals surface area contributed by atoms with E-state index < -0.39 is 0 Å². The summed E-state index contributed by atoms with van der Waals surface area (Å²) >= 11 is 7.46. The molecule has 0 spiro atoms. The first-order valence-corrected chi connectivity index (χ1v) is 8.38. The highest BCUT2D eigenvalue weighted by Gasteiger charge is 2.08. The third kappa shape index (κ3) is 4.15. The second kappa shape index (κ2) is 7.35. The molecule has 0 radical (unpaired) electrons. The molecular formula is C17H14ClN3OS. The fourth-order valence-corrected chi connectivity index (χ4v) is 3.08. The van der Waals surface area contributed by atoms with Gasteiger partial charge in [-0.05, 0) is 12.1 Å². The second-order valence-electron chi connectivity index (χ2n) is 4.88. The average Bonchev–Trinajstić information content (AvgIpc) is 3.04. The zero-order chi connectivity index (χ0) is 16.1. The van der Waals surface area contributed by atoms with Crippen molar-refractivity contribution in [3.05, 3.63) is 70.5 Å². The second-order valence-corrected chi connectivity index (χ2v) is 6.17. The van der Waals surface area contributed by atoms with Crippen LogP contribution in [0.5, 0.6) is 0 Å². The van der Waals surface area contributed by atoms with E-state index in [1.807, 2.05) is 35.7 Å². The van der Waals surface area contributed by atoms with Crippen molar-refractivity contribution < 1.29 is 4.79 Å². The van der Waals surface area contributed by atoms with Gasteiger partial charge in [-0.3, -0.25) is 9.78 Å². The van der Waals surface area contributed by atoms with Gasteiger partial charge in [-0.2, -0.15) is 0 Å². The van der Waals surface area contributed by atoms with E-state index in [-0.39, 0.29) is 5.91 Å². The smallest absolute Gasteiger partial charge is 0.269 e. The van der Waals surface area contributed by atoms with Crippen molar-refractivity contribution >= 4 is 28.8 Å².